The summed E-state index contributed by atoms with van der Waals surface area (Å²) >= 11 is 0. The second-order valence-corrected chi connectivity index (χ2v) is 5.55. The summed E-state index contributed by atoms with van der Waals surface area (Å²) < 4.78 is 0. The van der Waals surface area contributed by atoms with E-state index in [0.717, 1.165) is 45.3 Å². The highest BCUT2D eigenvalue weighted by Crippen LogP contribution is 2.24. The molecule has 21 heavy (non-hydrogen) atoms. The van der Waals surface area contributed by atoms with Crippen LogP contribution in [0.5, 0.6) is 5.75 Å². The number of rotatable bonds is 6. The molecule has 0 aromatic heterocycles. The molecule has 0 bridgehead atoms. The number of aliphatic hydroxyl groups is 1. The molecule has 1 aromatic rings. The van der Waals surface area contributed by atoms with Crippen molar-refractivity contribution < 1.29 is 15.0 Å². The number of benzene rings is 1. The molecule has 0 saturated carbocycles. The van der Waals surface area contributed by atoms with Crippen molar-refractivity contribution in [1.29, 1.82) is 0 Å². The maximum absolute atomic E-state index is 12.2. The fraction of sp³-hybridized carbons (Fsp3) is 0.562. The molecule has 5 nitrogen and oxygen atoms in total. The highest BCUT2D eigenvalue weighted by Gasteiger charge is 2.25. The van der Waals surface area contributed by atoms with Gasteiger partial charge in [0.2, 0.25) is 5.91 Å². The van der Waals surface area contributed by atoms with Gasteiger partial charge in [0.25, 0.3) is 0 Å². The molecule has 116 valence electrons. The maximum atomic E-state index is 12.2. The van der Waals surface area contributed by atoms with E-state index in [1.54, 1.807) is 24.3 Å². The molecule has 0 unspecified atom stereocenters. The predicted molar refractivity (Wildman–Crippen MR) is 82.2 cm³/mol. The molecule has 0 aliphatic carbocycles. The zero-order valence-corrected chi connectivity index (χ0v) is 12.3. The maximum Gasteiger partial charge on any atom is 0.227 e. The van der Waals surface area contributed by atoms with Gasteiger partial charge in [0.05, 0.1) is 5.69 Å². The number of carbonyl (C=O) groups excluding carboxylic acids is 1. The minimum atomic E-state index is -0.00786. The molecule has 1 saturated heterocycles. The molecule has 1 amide bonds. The monoisotopic (exact) mass is 292 g/mol. The van der Waals surface area contributed by atoms with Gasteiger partial charge in [0.1, 0.15) is 5.75 Å². The number of likely N-dealkylation sites (tertiary alicyclic amines) is 1. The van der Waals surface area contributed by atoms with E-state index in [4.69, 9.17) is 5.11 Å². The Balaban J connectivity index is 1.77. The van der Waals surface area contributed by atoms with Crippen LogP contribution >= 0.6 is 0 Å². The molecule has 1 heterocycles. The third kappa shape index (κ3) is 4.72. The molecule has 3 N–H and O–H groups in total. The van der Waals surface area contributed by atoms with E-state index in [0.29, 0.717) is 5.69 Å². The Morgan fingerprint density at radius 2 is 1.95 bits per heavy atom. The van der Waals surface area contributed by atoms with Gasteiger partial charge in [-0.05, 0) is 57.5 Å². The fourth-order valence-electron chi connectivity index (χ4n) is 2.68. The molecule has 0 spiro atoms. The summed E-state index contributed by atoms with van der Waals surface area (Å²) in [6, 6.07) is 6.80. The number of carbonyl (C=O) groups is 1. The third-order valence-electron chi connectivity index (χ3n) is 4.00. The summed E-state index contributed by atoms with van der Waals surface area (Å²) in [5.41, 5.74) is 0.480. The van der Waals surface area contributed by atoms with Crippen LogP contribution in [0, 0.1) is 5.92 Å². The van der Waals surface area contributed by atoms with Crippen molar-refractivity contribution in [3.63, 3.8) is 0 Å². The predicted octanol–water partition coefficient (Wildman–Crippen LogP) is 1.82. The van der Waals surface area contributed by atoms with E-state index in [1.807, 2.05) is 0 Å². The van der Waals surface area contributed by atoms with Gasteiger partial charge in [-0.15, -0.1) is 0 Å². The lowest BCUT2D eigenvalue weighted by Crippen LogP contribution is -2.38. The molecule has 2 rings (SSSR count). The van der Waals surface area contributed by atoms with Crippen molar-refractivity contribution in [3.05, 3.63) is 24.3 Å². The number of aromatic hydroxyl groups is 1. The number of nitrogens with one attached hydrogen (secondary N) is 1. The average molecular weight is 292 g/mol. The largest absolute Gasteiger partial charge is 0.506 e. The van der Waals surface area contributed by atoms with E-state index in [9.17, 15) is 9.90 Å². The Hall–Kier alpha value is -1.59. The smallest absolute Gasteiger partial charge is 0.227 e. The van der Waals surface area contributed by atoms with Crippen molar-refractivity contribution in [2.75, 3.05) is 31.6 Å². The second-order valence-electron chi connectivity index (χ2n) is 5.55. The molecule has 1 fully saturated rings. The van der Waals surface area contributed by atoms with Gasteiger partial charge in [0, 0.05) is 12.5 Å². The van der Waals surface area contributed by atoms with Crippen molar-refractivity contribution in [1.82, 2.24) is 4.90 Å². The Labute approximate surface area is 125 Å². The van der Waals surface area contributed by atoms with E-state index < -0.39 is 0 Å². The van der Waals surface area contributed by atoms with Gasteiger partial charge in [-0.2, -0.15) is 0 Å². The van der Waals surface area contributed by atoms with Crippen LogP contribution in [0.25, 0.3) is 0 Å². The number of amides is 1. The number of hydrogen-bond donors (Lipinski definition) is 3. The van der Waals surface area contributed by atoms with E-state index >= 15 is 0 Å². The third-order valence-corrected chi connectivity index (χ3v) is 4.00. The zero-order valence-electron chi connectivity index (χ0n) is 12.3. The summed E-state index contributed by atoms with van der Waals surface area (Å²) in [6.45, 7) is 3.09. The van der Waals surface area contributed by atoms with Crippen molar-refractivity contribution in [2.24, 2.45) is 5.92 Å². The summed E-state index contributed by atoms with van der Waals surface area (Å²) in [6.07, 6.45) is 3.54. The van der Waals surface area contributed by atoms with E-state index in [-0.39, 0.29) is 24.2 Å². The van der Waals surface area contributed by atoms with Crippen LogP contribution in [-0.4, -0.2) is 47.3 Å². The summed E-state index contributed by atoms with van der Waals surface area (Å²) in [5, 5.41) is 21.3. The first-order valence-electron chi connectivity index (χ1n) is 7.63. The average Bonchev–Trinajstić information content (AvgIpc) is 2.50. The van der Waals surface area contributed by atoms with Crippen molar-refractivity contribution >= 4 is 11.6 Å². The molecule has 1 aliphatic rings. The number of para-hydroxylation sites is 2. The van der Waals surface area contributed by atoms with Crippen LogP contribution < -0.4 is 5.32 Å². The van der Waals surface area contributed by atoms with Crippen LogP contribution in [0.2, 0.25) is 0 Å². The second kappa shape index (κ2) is 8.00. The lowest BCUT2D eigenvalue weighted by molar-refractivity contribution is -0.121. The van der Waals surface area contributed by atoms with Gasteiger partial charge < -0.3 is 20.4 Å². The number of phenols is 1. The summed E-state index contributed by atoms with van der Waals surface area (Å²) in [4.78, 5) is 14.6. The standard InChI is InChI=1S/C16H24N2O3/c19-12-4-3-9-18-10-7-13(8-11-18)16(21)17-14-5-1-2-6-15(14)20/h1-2,5-6,13,19-20H,3-4,7-12H2,(H,17,21). The van der Waals surface area contributed by atoms with Gasteiger partial charge in [-0.25, -0.2) is 0 Å². The highest BCUT2D eigenvalue weighted by molar-refractivity contribution is 5.93. The quantitative estimate of drug-likeness (QED) is 0.552. The van der Waals surface area contributed by atoms with Crippen LogP contribution in [0.3, 0.4) is 0 Å². The normalized spacial score (nSPS) is 16.8. The molecule has 5 heteroatoms. The number of aliphatic hydroxyl groups excluding tert-OH is 1. The van der Waals surface area contributed by atoms with Crippen LogP contribution in [-0.2, 0) is 4.79 Å². The lowest BCUT2D eigenvalue weighted by atomic mass is 9.95. The fourth-order valence-corrected chi connectivity index (χ4v) is 2.68. The number of hydrogen-bond acceptors (Lipinski definition) is 4. The number of phenolic OH excluding ortho intramolecular Hbond substituents is 1. The van der Waals surface area contributed by atoms with Gasteiger partial charge in [0.15, 0.2) is 0 Å². The first-order chi connectivity index (χ1) is 10.2. The van der Waals surface area contributed by atoms with E-state index in [1.165, 1.54) is 0 Å². The first-order valence-corrected chi connectivity index (χ1v) is 7.63. The zero-order chi connectivity index (χ0) is 15.1. The molecule has 1 aliphatic heterocycles. The van der Waals surface area contributed by atoms with Crippen LogP contribution in [0.4, 0.5) is 5.69 Å². The van der Waals surface area contributed by atoms with Gasteiger partial charge in [-0.3, -0.25) is 4.79 Å². The summed E-state index contributed by atoms with van der Waals surface area (Å²) in [5.74, 6) is 0.109. The van der Waals surface area contributed by atoms with E-state index in [2.05, 4.69) is 10.2 Å². The van der Waals surface area contributed by atoms with Crippen LogP contribution in [0.1, 0.15) is 25.7 Å². The number of unbranched alkanes of at least 4 members (excludes halogenated alkanes) is 1. The molecular weight excluding hydrogens is 268 g/mol. The van der Waals surface area contributed by atoms with Gasteiger partial charge >= 0.3 is 0 Å². The number of anilines is 1. The Bertz CT molecular complexity index is 457. The topological polar surface area (TPSA) is 72.8 Å². The molecule has 0 radical (unpaired) electrons. The lowest BCUT2D eigenvalue weighted by Gasteiger charge is -2.31. The SMILES string of the molecule is O=C(Nc1ccccc1O)C1CCN(CCCCO)CC1. The minimum Gasteiger partial charge on any atom is -0.506 e. The van der Waals surface area contributed by atoms with Crippen molar-refractivity contribution in [3.8, 4) is 5.75 Å². The number of piperidine rings is 1. The first kappa shape index (κ1) is 15.8. The highest BCUT2D eigenvalue weighted by atomic mass is 16.3. The van der Waals surface area contributed by atoms with Crippen LogP contribution in [0.15, 0.2) is 24.3 Å². The Kier molecular flexibility index (Phi) is 6.02. The summed E-state index contributed by atoms with van der Waals surface area (Å²) in [7, 11) is 0. The Morgan fingerprint density at radius 1 is 1.24 bits per heavy atom. The molecular formula is C16H24N2O3. The van der Waals surface area contributed by atoms with Gasteiger partial charge in [-0.1, -0.05) is 12.1 Å². The van der Waals surface area contributed by atoms with Crippen molar-refractivity contribution in [2.45, 2.75) is 25.7 Å². The molecule has 0 atom stereocenters. The number of nitrogens with zero attached hydrogens (tertiary/aromatic N) is 1. The minimum absolute atomic E-state index is 0.00786. The Morgan fingerprint density at radius 3 is 2.62 bits per heavy atom. The molecule has 1 aromatic carbocycles.